The predicted molar refractivity (Wildman–Crippen MR) is 130 cm³/mol. The van der Waals surface area contributed by atoms with Crippen molar-refractivity contribution in [2.75, 3.05) is 11.9 Å². The van der Waals surface area contributed by atoms with E-state index in [4.69, 9.17) is 12.2 Å². The van der Waals surface area contributed by atoms with Crippen LogP contribution in [0.5, 0.6) is 0 Å². The molecule has 2 aromatic rings. The number of halogens is 1. The van der Waals surface area contributed by atoms with Crippen LogP contribution in [0.1, 0.15) is 30.6 Å². The highest BCUT2D eigenvalue weighted by molar-refractivity contribution is 14.1. The molecule has 1 aromatic heterocycles. The summed E-state index contributed by atoms with van der Waals surface area (Å²) in [5.74, 6) is 0.00585. The lowest BCUT2D eigenvalue weighted by Gasteiger charge is -2.14. The van der Waals surface area contributed by atoms with E-state index in [2.05, 4.69) is 27.9 Å². The molecule has 1 aliphatic heterocycles. The Bertz CT molecular complexity index is 897. The number of hydrogen-bond acceptors (Lipinski definition) is 5. The number of amides is 2. The van der Waals surface area contributed by atoms with Crippen molar-refractivity contribution in [1.82, 2.24) is 4.90 Å². The zero-order valence-electron chi connectivity index (χ0n) is 15.0. The van der Waals surface area contributed by atoms with Crippen LogP contribution in [0.2, 0.25) is 0 Å². The fourth-order valence-corrected chi connectivity index (χ4v) is 5.29. The summed E-state index contributed by atoms with van der Waals surface area (Å²) in [4.78, 5) is 28.0. The standard InChI is InChI=1S/C20H19IN2O2S3/c21-14-6-4-7-15(12-14)22-18(24)9-2-1-3-10-23-19(25)17(28-20(23)26)13-16-8-5-11-27-16/h4-8,11-13H,1-3,9-10H2,(H,22,24)/b17-13+. The third-order valence-electron chi connectivity index (χ3n) is 4.08. The number of thiocarbonyl (C=S) groups is 1. The average molecular weight is 542 g/mol. The van der Waals surface area contributed by atoms with Crippen LogP contribution in [0, 0.1) is 3.57 Å². The van der Waals surface area contributed by atoms with Gasteiger partial charge < -0.3 is 5.32 Å². The van der Waals surface area contributed by atoms with Crippen LogP contribution < -0.4 is 5.32 Å². The summed E-state index contributed by atoms with van der Waals surface area (Å²) >= 11 is 10.5. The molecule has 2 heterocycles. The lowest BCUT2D eigenvalue weighted by Crippen LogP contribution is -2.29. The normalized spacial score (nSPS) is 15.5. The van der Waals surface area contributed by atoms with Gasteiger partial charge in [0, 0.05) is 27.1 Å². The number of nitrogens with zero attached hydrogens (tertiary/aromatic N) is 1. The van der Waals surface area contributed by atoms with E-state index in [-0.39, 0.29) is 11.8 Å². The molecule has 28 heavy (non-hydrogen) atoms. The summed E-state index contributed by atoms with van der Waals surface area (Å²) in [5, 5.41) is 4.90. The Morgan fingerprint density at radius 3 is 2.82 bits per heavy atom. The third-order valence-corrected chi connectivity index (χ3v) is 6.95. The Hall–Kier alpha value is -1.23. The number of unbranched alkanes of at least 4 members (excludes halogenated alkanes) is 2. The highest BCUT2D eigenvalue weighted by Crippen LogP contribution is 2.33. The fourth-order valence-electron chi connectivity index (χ4n) is 2.72. The van der Waals surface area contributed by atoms with E-state index in [1.54, 1.807) is 16.2 Å². The Balaban J connectivity index is 1.38. The monoisotopic (exact) mass is 542 g/mol. The zero-order valence-corrected chi connectivity index (χ0v) is 19.6. The Morgan fingerprint density at radius 2 is 2.07 bits per heavy atom. The SMILES string of the molecule is O=C(CCCCCN1C(=O)/C(=C\c2cccs2)SC1=S)Nc1cccc(I)c1. The average Bonchev–Trinajstić information content (AvgIpc) is 3.25. The van der Waals surface area contributed by atoms with Crippen molar-refractivity contribution in [3.05, 3.63) is 55.1 Å². The molecule has 0 atom stereocenters. The van der Waals surface area contributed by atoms with Gasteiger partial charge in [-0.1, -0.05) is 42.5 Å². The fraction of sp³-hybridized carbons (Fsp3) is 0.250. The van der Waals surface area contributed by atoms with Gasteiger partial charge in [0.05, 0.1) is 4.91 Å². The topological polar surface area (TPSA) is 49.4 Å². The minimum absolute atomic E-state index is 0.0141. The largest absolute Gasteiger partial charge is 0.326 e. The molecule has 1 N–H and O–H groups in total. The molecule has 0 radical (unpaired) electrons. The van der Waals surface area contributed by atoms with Crippen molar-refractivity contribution in [3.8, 4) is 0 Å². The van der Waals surface area contributed by atoms with Crippen LogP contribution in [0.3, 0.4) is 0 Å². The molecule has 0 spiro atoms. The number of nitrogens with one attached hydrogen (secondary N) is 1. The van der Waals surface area contributed by atoms with Crippen LogP contribution in [-0.2, 0) is 9.59 Å². The maximum Gasteiger partial charge on any atom is 0.266 e. The van der Waals surface area contributed by atoms with E-state index in [1.807, 2.05) is 47.9 Å². The first-order chi connectivity index (χ1) is 13.5. The molecule has 0 aliphatic carbocycles. The number of thiophene rings is 1. The van der Waals surface area contributed by atoms with Gasteiger partial charge in [0.1, 0.15) is 4.32 Å². The van der Waals surface area contributed by atoms with Crippen molar-refractivity contribution >= 4 is 85.8 Å². The molecule has 0 saturated carbocycles. The quantitative estimate of drug-likeness (QED) is 0.200. The molecule has 1 aromatic carbocycles. The second kappa shape index (κ2) is 10.5. The molecule has 1 fully saturated rings. The van der Waals surface area contributed by atoms with Gasteiger partial charge in [0.2, 0.25) is 5.91 Å². The van der Waals surface area contributed by atoms with Crippen LogP contribution in [0.25, 0.3) is 6.08 Å². The van der Waals surface area contributed by atoms with Gasteiger partial charge >= 0.3 is 0 Å². The molecular weight excluding hydrogens is 523 g/mol. The molecule has 4 nitrogen and oxygen atoms in total. The van der Waals surface area contributed by atoms with Gasteiger partial charge in [-0.05, 0) is 71.2 Å². The van der Waals surface area contributed by atoms with Crippen molar-refractivity contribution in [3.63, 3.8) is 0 Å². The Morgan fingerprint density at radius 1 is 1.21 bits per heavy atom. The number of carbonyl (C=O) groups excluding carboxylic acids is 2. The van der Waals surface area contributed by atoms with E-state index in [1.165, 1.54) is 11.8 Å². The van der Waals surface area contributed by atoms with Crippen molar-refractivity contribution in [1.29, 1.82) is 0 Å². The number of rotatable bonds is 8. The highest BCUT2D eigenvalue weighted by atomic mass is 127. The Kier molecular flexibility index (Phi) is 8.07. The third kappa shape index (κ3) is 6.13. The van der Waals surface area contributed by atoms with Crippen molar-refractivity contribution in [2.45, 2.75) is 25.7 Å². The Labute approximate surface area is 191 Å². The molecule has 2 amide bonds. The maximum absolute atomic E-state index is 12.5. The second-order valence-electron chi connectivity index (χ2n) is 6.22. The first-order valence-electron chi connectivity index (χ1n) is 8.87. The zero-order chi connectivity index (χ0) is 19.9. The van der Waals surface area contributed by atoms with E-state index in [9.17, 15) is 9.59 Å². The van der Waals surface area contributed by atoms with Gasteiger partial charge in [0.25, 0.3) is 5.91 Å². The smallest absolute Gasteiger partial charge is 0.266 e. The maximum atomic E-state index is 12.5. The summed E-state index contributed by atoms with van der Waals surface area (Å²) in [6.45, 7) is 0.602. The molecule has 1 aliphatic rings. The van der Waals surface area contributed by atoms with Crippen LogP contribution in [0.15, 0.2) is 46.7 Å². The predicted octanol–water partition coefficient (Wildman–Crippen LogP) is 5.75. The van der Waals surface area contributed by atoms with Gasteiger partial charge in [-0.3, -0.25) is 14.5 Å². The number of benzene rings is 1. The number of carbonyl (C=O) groups is 2. The van der Waals surface area contributed by atoms with E-state index in [0.29, 0.717) is 22.2 Å². The van der Waals surface area contributed by atoms with E-state index < -0.39 is 0 Å². The molecule has 3 rings (SSSR count). The molecule has 0 bridgehead atoms. The minimum atomic E-state index is -0.0141. The lowest BCUT2D eigenvalue weighted by molar-refractivity contribution is -0.122. The summed E-state index contributed by atoms with van der Waals surface area (Å²) in [6.07, 6.45) is 4.87. The van der Waals surface area contributed by atoms with E-state index >= 15 is 0 Å². The second-order valence-corrected chi connectivity index (χ2v) is 10.1. The minimum Gasteiger partial charge on any atom is -0.326 e. The van der Waals surface area contributed by atoms with Gasteiger partial charge in [0.15, 0.2) is 0 Å². The molecular formula is C20H19IN2O2S3. The van der Waals surface area contributed by atoms with Gasteiger partial charge in [-0.15, -0.1) is 11.3 Å². The highest BCUT2D eigenvalue weighted by Gasteiger charge is 2.31. The molecule has 146 valence electrons. The van der Waals surface area contributed by atoms with E-state index in [0.717, 1.165) is 33.4 Å². The summed E-state index contributed by atoms with van der Waals surface area (Å²) in [6, 6.07) is 11.7. The van der Waals surface area contributed by atoms with Gasteiger partial charge in [-0.2, -0.15) is 0 Å². The lowest BCUT2D eigenvalue weighted by atomic mass is 10.1. The first-order valence-corrected chi connectivity index (χ1v) is 12.1. The number of anilines is 1. The summed E-state index contributed by atoms with van der Waals surface area (Å²) in [5.41, 5.74) is 0.826. The number of hydrogen-bond donors (Lipinski definition) is 1. The molecule has 0 unspecified atom stereocenters. The van der Waals surface area contributed by atoms with Crippen molar-refractivity contribution in [2.24, 2.45) is 0 Å². The van der Waals surface area contributed by atoms with Gasteiger partial charge in [-0.25, -0.2) is 0 Å². The first kappa shape index (κ1) is 21.5. The van der Waals surface area contributed by atoms with Crippen molar-refractivity contribution < 1.29 is 9.59 Å². The van der Waals surface area contributed by atoms with Crippen LogP contribution >= 0.6 is 57.9 Å². The molecule has 1 saturated heterocycles. The summed E-state index contributed by atoms with van der Waals surface area (Å²) < 4.78 is 1.70. The molecule has 8 heteroatoms. The van der Waals surface area contributed by atoms with Crippen LogP contribution in [-0.4, -0.2) is 27.6 Å². The summed E-state index contributed by atoms with van der Waals surface area (Å²) in [7, 11) is 0. The van der Waals surface area contributed by atoms with Crippen LogP contribution in [0.4, 0.5) is 5.69 Å². The number of thioether (sulfide) groups is 1.